The molecule has 2 aromatic carbocycles. The van der Waals surface area contributed by atoms with Crippen LogP contribution in [0, 0.1) is 6.92 Å². The number of nitrogens with one attached hydrogen (secondary N) is 2. The third-order valence-electron chi connectivity index (χ3n) is 6.31. The van der Waals surface area contributed by atoms with Crippen molar-refractivity contribution >= 4 is 29.4 Å². The molecule has 0 aromatic heterocycles. The van der Waals surface area contributed by atoms with Gasteiger partial charge < -0.3 is 20.3 Å². The number of benzene rings is 2. The summed E-state index contributed by atoms with van der Waals surface area (Å²) in [4.78, 5) is 31.4. The summed E-state index contributed by atoms with van der Waals surface area (Å²) < 4.78 is 5.40. The summed E-state index contributed by atoms with van der Waals surface area (Å²) in [6, 6.07) is 15.5. The first-order chi connectivity index (χ1) is 16.5. The lowest BCUT2D eigenvalue weighted by Gasteiger charge is -2.38. The highest BCUT2D eigenvalue weighted by molar-refractivity contribution is 7.98. The van der Waals surface area contributed by atoms with E-state index in [0.717, 1.165) is 36.6 Å². The molecule has 2 aliphatic rings. The lowest BCUT2D eigenvalue weighted by Crippen LogP contribution is -2.52. The highest BCUT2D eigenvalue weighted by atomic mass is 32.2. The van der Waals surface area contributed by atoms with Gasteiger partial charge in [-0.25, -0.2) is 9.59 Å². The molecule has 0 unspecified atom stereocenters. The van der Waals surface area contributed by atoms with Crippen LogP contribution < -0.4 is 15.5 Å². The lowest BCUT2D eigenvalue weighted by molar-refractivity contribution is -0.139. The standard InChI is InChI=1S/C26H32N4O3S/c1-4-33-25(31)23-21(27-26(32)28-24(23)19-9-11-20(34-3)12-10-19)17-29-13-15-30(16-14-29)22-8-6-5-7-18(22)2/h5-12,24H,4,13-17H2,1-3H3,(H2,27,28,32)/t24-/m1/s1. The second-order valence-corrected chi connectivity index (χ2v) is 9.35. The van der Waals surface area contributed by atoms with Gasteiger partial charge in [0.15, 0.2) is 0 Å². The van der Waals surface area contributed by atoms with Gasteiger partial charge in [-0.1, -0.05) is 30.3 Å². The Morgan fingerprint density at radius 2 is 1.79 bits per heavy atom. The second kappa shape index (κ2) is 11.0. The van der Waals surface area contributed by atoms with E-state index in [1.54, 1.807) is 18.7 Å². The number of para-hydroxylation sites is 1. The number of carbonyl (C=O) groups is 2. The third kappa shape index (κ3) is 5.39. The van der Waals surface area contributed by atoms with Crippen LogP contribution in [-0.4, -0.2) is 62.5 Å². The number of piperazine rings is 1. The molecule has 7 nitrogen and oxygen atoms in total. The van der Waals surface area contributed by atoms with Crippen LogP contribution in [0.15, 0.2) is 64.7 Å². The van der Waals surface area contributed by atoms with Gasteiger partial charge in [-0.05, 0) is 49.4 Å². The number of rotatable bonds is 7. The molecular formula is C26H32N4O3S. The number of ether oxygens (including phenoxy) is 1. The molecule has 2 N–H and O–H groups in total. The normalized spacial score (nSPS) is 19.0. The topological polar surface area (TPSA) is 73.9 Å². The number of amides is 2. The van der Waals surface area contributed by atoms with Crippen molar-refractivity contribution in [1.82, 2.24) is 15.5 Å². The first-order valence-corrected chi connectivity index (χ1v) is 12.9. The molecule has 4 rings (SSSR count). The molecule has 0 radical (unpaired) electrons. The van der Waals surface area contributed by atoms with Gasteiger partial charge in [0, 0.05) is 49.0 Å². The van der Waals surface area contributed by atoms with Crippen molar-refractivity contribution in [2.75, 3.05) is 50.5 Å². The Morgan fingerprint density at radius 3 is 2.44 bits per heavy atom. The van der Waals surface area contributed by atoms with Crippen LogP contribution in [0.1, 0.15) is 24.1 Å². The maximum absolute atomic E-state index is 13.0. The van der Waals surface area contributed by atoms with Crippen LogP contribution in [0.3, 0.4) is 0 Å². The Morgan fingerprint density at radius 1 is 1.09 bits per heavy atom. The van der Waals surface area contributed by atoms with Crippen LogP contribution in [0.2, 0.25) is 0 Å². The second-order valence-electron chi connectivity index (χ2n) is 8.47. The van der Waals surface area contributed by atoms with E-state index >= 15 is 0 Å². The quantitative estimate of drug-likeness (QED) is 0.465. The van der Waals surface area contributed by atoms with E-state index in [1.165, 1.54) is 11.3 Å². The zero-order chi connectivity index (χ0) is 24.1. The maximum atomic E-state index is 13.0. The number of urea groups is 1. The number of hydrogen-bond acceptors (Lipinski definition) is 6. The Bertz CT molecular complexity index is 1060. The van der Waals surface area contributed by atoms with Gasteiger partial charge in [-0.2, -0.15) is 0 Å². The number of hydrogen-bond donors (Lipinski definition) is 2. The smallest absolute Gasteiger partial charge is 0.338 e. The van der Waals surface area contributed by atoms with Crippen molar-refractivity contribution < 1.29 is 14.3 Å². The van der Waals surface area contributed by atoms with Crippen molar-refractivity contribution in [3.63, 3.8) is 0 Å². The average Bonchev–Trinajstić information content (AvgIpc) is 2.85. The molecule has 0 saturated carbocycles. The minimum atomic E-state index is -0.549. The molecule has 8 heteroatoms. The van der Waals surface area contributed by atoms with E-state index in [4.69, 9.17) is 4.74 Å². The molecule has 0 bridgehead atoms. The van der Waals surface area contributed by atoms with Crippen molar-refractivity contribution in [3.8, 4) is 0 Å². The average molecular weight is 481 g/mol. The molecule has 0 aliphatic carbocycles. The van der Waals surface area contributed by atoms with Gasteiger partial charge >= 0.3 is 12.0 Å². The van der Waals surface area contributed by atoms with Gasteiger partial charge in [-0.3, -0.25) is 4.90 Å². The van der Waals surface area contributed by atoms with E-state index < -0.39 is 12.0 Å². The molecule has 180 valence electrons. The molecule has 0 spiro atoms. The van der Waals surface area contributed by atoms with Gasteiger partial charge in [0.05, 0.1) is 18.2 Å². The van der Waals surface area contributed by atoms with E-state index in [1.807, 2.05) is 30.5 Å². The summed E-state index contributed by atoms with van der Waals surface area (Å²) in [7, 11) is 0. The van der Waals surface area contributed by atoms with Crippen LogP contribution in [0.4, 0.5) is 10.5 Å². The Labute approximate surface area is 205 Å². The van der Waals surface area contributed by atoms with Crippen molar-refractivity contribution in [1.29, 1.82) is 0 Å². The fraction of sp³-hybridized carbons (Fsp3) is 0.385. The molecule has 1 saturated heterocycles. The lowest BCUT2D eigenvalue weighted by atomic mass is 9.95. The Balaban J connectivity index is 1.56. The van der Waals surface area contributed by atoms with E-state index in [2.05, 4.69) is 51.6 Å². The highest BCUT2D eigenvalue weighted by Gasteiger charge is 2.34. The van der Waals surface area contributed by atoms with Crippen LogP contribution in [0.25, 0.3) is 0 Å². The number of carbonyl (C=O) groups excluding carboxylic acids is 2. The molecule has 2 heterocycles. The molecular weight excluding hydrogens is 448 g/mol. The fourth-order valence-electron chi connectivity index (χ4n) is 4.53. The first-order valence-electron chi connectivity index (χ1n) is 11.6. The van der Waals surface area contributed by atoms with Crippen molar-refractivity contribution in [2.45, 2.75) is 24.8 Å². The third-order valence-corrected chi connectivity index (χ3v) is 7.05. The summed E-state index contributed by atoms with van der Waals surface area (Å²) in [5.74, 6) is -0.400. The molecule has 2 aliphatic heterocycles. The minimum Gasteiger partial charge on any atom is -0.463 e. The molecule has 34 heavy (non-hydrogen) atoms. The molecule has 1 fully saturated rings. The summed E-state index contributed by atoms with van der Waals surface area (Å²) >= 11 is 1.65. The zero-order valence-electron chi connectivity index (χ0n) is 20.0. The first kappa shape index (κ1) is 24.2. The van der Waals surface area contributed by atoms with Gasteiger partial charge in [0.1, 0.15) is 0 Å². The summed E-state index contributed by atoms with van der Waals surface area (Å²) in [5, 5.41) is 5.82. The predicted molar refractivity (Wildman–Crippen MR) is 136 cm³/mol. The van der Waals surface area contributed by atoms with Crippen LogP contribution in [0.5, 0.6) is 0 Å². The number of aryl methyl sites for hydroxylation is 1. The van der Waals surface area contributed by atoms with Crippen LogP contribution >= 0.6 is 11.8 Å². The minimum absolute atomic E-state index is 0.275. The van der Waals surface area contributed by atoms with Crippen LogP contribution in [-0.2, 0) is 9.53 Å². The highest BCUT2D eigenvalue weighted by Crippen LogP contribution is 2.30. The summed E-state index contributed by atoms with van der Waals surface area (Å²) in [6.07, 6.45) is 2.02. The number of thioether (sulfide) groups is 1. The zero-order valence-corrected chi connectivity index (χ0v) is 20.8. The fourth-order valence-corrected chi connectivity index (χ4v) is 4.94. The summed E-state index contributed by atoms with van der Waals surface area (Å²) in [6.45, 7) is 8.14. The van der Waals surface area contributed by atoms with E-state index in [9.17, 15) is 9.59 Å². The van der Waals surface area contributed by atoms with Gasteiger partial charge in [0.2, 0.25) is 0 Å². The maximum Gasteiger partial charge on any atom is 0.338 e. The van der Waals surface area contributed by atoms with E-state index in [0.29, 0.717) is 17.8 Å². The SMILES string of the molecule is CCOC(=O)C1=C(CN2CCN(c3ccccc3C)CC2)NC(=O)N[C@@H]1c1ccc(SC)cc1. The largest absolute Gasteiger partial charge is 0.463 e. The number of esters is 1. The van der Waals surface area contributed by atoms with Crippen molar-refractivity contribution in [2.24, 2.45) is 0 Å². The number of nitrogens with zero attached hydrogens (tertiary/aromatic N) is 2. The Kier molecular flexibility index (Phi) is 7.80. The Hall–Kier alpha value is -2.97. The predicted octanol–water partition coefficient (Wildman–Crippen LogP) is 3.71. The molecule has 2 amide bonds. The van der Waals surface area contributed by atoms with Gasteiger partial charge in [0.25, 0.3) is 0 Å². The summed E-state index contributed by atoms with van der Waals surface area (Å²) in [5.41, 5.74) is 4.48. The van der Waals surface area contributed by atoms with Gasteiger partial charge in [-0.15, -0.1) is 11.8 Å². The van der Waals surface area contributed by atoms with E-state index in [-0.39, 0.29) is 12.6 Å². The molecule has 2 aromatic rings. The number of anilines is 1. The molecule has 1 atom stereocenters. The monoisotopic (exact) mass is 480 g/mol. The van der Waals surface area contributed by atoms with Crippen molar-refractivity contribution in [3.05, 3.63) is 70.9 Å².